The molecule has 1 N–H and O–H groups in total. The number of nitrogens with one attached hydrogen (secondary N) is 1. The number of rotatable bonds is 5. The molecule has 22 heavy (non-hydrogen) atoms. The Labute approximate surface area is 133 Å². The monoisotopic (exact) mass is 382 g/mol. The Hall–Kier alpha value is -1.53. The maximum absolute atomic E-state index is 12.4. The molecule has 1 aromatic carbocycles. The number of amides is 2. The van der Waals surface area contributed by atoms with E-state index in [4.69, 9.17) is 0 Å². The third-order valence-electron chi connectivity index (χ3n) is 2.76. The van der Waals surface area contributed by atoms with Gasteiger partial charge >= 0.3 is 133 Å². The molecule has 0 aliphatic carbocycles. The number of hydrogen-bond donors (Lipinski definition) is 1. The molecule has 2 amide bonds. The molecular formula is C14H17F3N2O2Se. The van der Waals surface area contributed by atoms with Crippen LogP contribution in [0.2, 0.25) is 4.82 Å². The Morgan fingerprint density at radius 2 is 1.73 bits per heavy atom. The van der Waals surface area contributed by atoms with Gasteiger partial charge in [-0.05, 0) is 0 Å². The molecule has 1 rings (SSSR count). The van der Waals surface area contributed by atoms with Crippen molar-refractivity contribution < 1.29 is 22.8 Å². The average molecular weight is 381 g/mol. The van der Waals surface area contributed by atoms with E-state index in [1.54, 1.807) is 12.1 Å². The summed E-state index contributed by atoms with van der Waals surface area (Å²) < 4.78 is 37.9. The van der Waals surface area contributed by atoms with Crippen LogP contribution < -0.4 is 9.78 Å². The van der Waals surface area contributed by atoms with Crippen LogP contribution >= 0.6 is 0 Å². The topological polar surface area (TPSA) is 49.4 Å². The number of halogens is 3. The van der Waals surface area contributed by atoms with Gasteiger partial charge < -0.3 is 0 Å². The number of benzene rings is 1. The molecule has 4 nitrogen and oxygen atoms in total. The molecule has 0 saturated heterocycles. The van der Waals surface area contributed by atoms with Crippen LogP contribution in [0.4, 0.5) is 13.2 Å². The molecule has 1 unspecified atom stereocenters. The molecule has 0 aliphatic rings. The van der Waals surface area contributed by atoms with Crippen LogP contribution in [-0.2, 0) is 9.59 Å². The molecule has 8 heteroatoms. The second kappa shape index (κ2) is 7.65. The Morgan fingerprint density at radius 1 is 1.18 bits per heavy atom. The van der Waals surface area contributed by atoms with Gasteiger partial charge in [-0.3, -0.25) is 0 Å². The molecule has 2 atom stereocenters. The zero-order valence-electron chi connectivity index (χ0n) is 12.3. The van der Waals surface area contributed by atoms with E-state index in [-0.39, 0.29) is 5.91 Å². The predicted molar refractivity (Wildman–Crippen MR) is 77.9 cm³/mol. The number of hydrogen-bond acceptors (Lipinski definition) is 2. The zero-order valence-corrected chi connectivity index (χ0v) is 14.1. The first-order chi connectivity index (χ1) is 10.1. The van der Waals surface area contributed by atoms with Crippen molar-refractivity contribution in [1.82, 2.24) is 10.2 Å². The summed E-state index contributed by atoms with van der Waals surface area (Å²) >= 11 is -0.402. The normalized spacial score (nSPS) is 14.1. The molecule has 0 radical (unpaired) electrons. The molecule has 0 aromatic heterocycles. The van der Waals surface area contributed by atoms with Gasteiger partial charge in [0.25, 0.3) is 0 Å². The summed E-state index contributed by atoms with van der Waals surface area (Å²) in [5.41, 5.74) is 0. The number of carbonyl (C=O) groups excluding carboxylic acids is 2. The van der Waals surface area contributed by atoms with Crippen molar-refractivity contribution >= 4 is 31.2 Å². The van der Waals surface area contributed by atoms with Crippen LogP contribution in [0.3, 0.4) is 0 Å². The maximum atomic E-state index is 12.4. The summed E-state index contributed by atoms with van der Waals surface area (Å²) in [4.78, 5) is 23.9. The van der Waals surface area contributed by atoms with Crippen molar-refractivity contribution in [2.75, 3.05) is 14.1 Å². The Bertz CT molecular complexity index is 521. The van der Waals surface area contributed by atoms with Crippen LogP contribution in [0.1, 0.15) is 6.92 Å². The van der Waals surface area contributed by atoms with E-state index >= 15 is 0 Å². The molecule has 0 aliphatic heterocycles. The number of nitrogens with zero attached hydrogens (tertiary/aromatic N) is 1. The first-order valence-electron chi connectivity index (χ1n) is 6.43. The van der Waals surface area contributed by atoms with E-state index < -0.39 is 37.9 Å². The third-order valence-corrected chi connectivity index (χ3v) is 5.72. The average Bonchev–Trinajstić information content (AvgIpc) is 2.43. The Balaban J connectivity index is 2.90. The van der Waals surface area contributed by atoms with E-state index in [9.17, 15) is 22.8 Å². The minimum atomic E-state index is -4.96. The van der Waals surface area contributed by atoms with Crippen molar-refractivity contribution in [3.8, 4) is 0 Å². The van der Waals surface area contributed by atoms with E-state index in [0.29, 0.717) is 0 Å². The van der Waals surface area contributed by atoms with Gasteiger partial charge in [-0.25, -0.2) is 0 Å². The van der Waals surface area contributed by atoms with Gasteiger partial charge in [0.05, 0.1) is 0 Å². The van der Waals surface area contributed by atoms with Crippen molar-refractivity contribution in [3.05, 3.63) is 30.3 Å². The summed E-state index contributed by atoms with van der Waals surface area (Å²) in [7, 11) is 3.07. The number of alkyl halides is 3. The van der Waals surface area contributed by atoms with Crippen molar-refractivity contribution in [3.63, 3.8) is 0 Å². The Kier molecular flexibility index (Phi) is 6.44. The van der Waals surface area contributed by atoms with E-state index in [0.717, 1.165) is 4.46 Å². The molecule has 0 heterocycles. The third kappa shape index (κ3) is 5.35. The fourth-order valence-electron chi connectivity index (χ4n) is 1.63. The molecule has 0 saturated carbocycles. The molecule has 1 aromatic rings. The summed E-state index contributed by atoms with van der Waals surface area (Å²) in [6.07, 6.45) is -4.96. The summed E-state index contributed by atoms with van der Waals surface area (Å²) in [5, 5.41) is 1.88. The van der Waals surface area contributed by atoms with Gasteiger partial charge in [-0.2, -0.15) is 0 Å². The zero-order chi connectivity index (χ0) is 16.9. The van der Waals surface area contributed by atoms with Gasteiger partial charge in [0, 0.05) is 0 Å². The SMILES string of the molecule is C[C@H](NC(=O)C(F)(F)F)C([Se]c1ccccc1)C(=O)N(C)C. The minimum absolute atomic E-state index is 0.307. The van der Waals surface area contributed by atoms with Crippen LogP contribution in [-0.4, -0.2) is 58.0 Å². The predicted octanol–water partition coefficient (Wildman–Crippen LogP) is 0.960. The van der Waals surface area contributed by atoms with Crippen molar-refractivity contribution in [2.24, 2.45) is 0 Å². The van der Waals surface area contributed by atoms with Gasteiger partial charge in [-0.1, -0.05) is 0 Å². The summed E-state index contributed by atoms with van der Waals surface area (Å²) in [6, 6.07) is 8.13. The van der Waals surface area contributed by atoms with Crippen LogP contribution in [0.25, 0.3) is 0 Å². The summed E-state index contributed by atoms with van der Waals surface area (Å²) in [5.74, 6) is -2.33. The summed E-state index contributed by atoms with van der Waals surface area (Å²) in [6.45, 7) is 1.42. The number of carbonyl (C=O) groups is 2. The second-order valence-electron chi connectivity index (χ2n) is 4.84. The quantitative estimate of drug-likeness (QED) is 0.773. The van der Waals surface area contributed by atoms with Gasteiger partial charge in [-0.15, -0.1) is 0 Å². The van der Waals surface area contributed by atoms with Crippen molar-refractivity contribution in [2.45, 2.75) is 24.0 Å². The molecular weight excluding hydrogens is 364 g/mol. The standard InChI is InChI=1S/C14H17F3N2O2Se/c1-9(18-13(21)14(15,16)17)11(12(20)19(2)3)22-10-7-5-4-6-8-10/h4-9,11H,1-3H3,(H,18,21)/t9-,11?/m0/s1. The van der Waals surface area contributed by atoms with Crippen LogP contribution in [0, 0.1) is 0 Å². The van der Waals surface area contributed by atoms with Crippen LogP contribution in [0.15, 0.2) is 30.3 Å². The van der Waals surface area contributed by atoms with Gasteiger partial charge in [0.1, 0.15) is 0 Å². The molecule has 0 fully saturated rings. The second-order valence-corrected chi connectivity index (χ2v) is 7.39. The molecule has 0 spiro atoms. The Morgan fingerprint density at radius 3 is 2.18 bits per heavy atom. The van der Waals surface area contributed by atoms with Gasteiger partial charge in [0.2, 0.25) is 0 Å². The fraction of sp³-hybridized carbons (Fsp3) is 0.429. The van der Waals surface area contributed by atoms with E-state index in [2.05, 4.69) is 0 Å². The van der Waals surface area contributed by atoms with Crippen molar-refractivity contribution in [1.29, 1.82) is 0 Å². The van der Waals surface area contributed by atoms with E-state index in [1.807, 2.05) is 23.5 Å². The molecule has 122 valence electrons. The fourth-order valence-corrected chi connectivity index (χ4v) is 4.13. The van der Waals surface area contributed by atoms with Crippen LogP contribution in [0.5, 0.6) is 0 Å². The molecule has 0 bridgehead atoms. The van der Waals surface area contributed by atoms with Gasteiger partial charge in [0.15, 0.2) is 0 Å². The van der Waals surface area contributed by atoms with E-state index in [1.165, 1.54) is 25.9 Å². The first kappa shape index (κ1) is 18.5. The first-order valence-corrected chi connectivity index (χ1v) is 8.28.